The smallest absolute Gasteiger partial charge is 0.0837 e. The standard InChI is InChI=1S/C40H81O2/c1-4-7-9-11-13-15-17-19-21-23-25-27-29-31-33-35-37-41-39-40(6-3)42-38-36-34-32-30-28-26-24-22-20-18-16-14-12-10-8-5-2/h6,40H,4-5,7-39H2,1-3H3/t40-/m1/s1. The Labute approximate surface area is 267 Å². The van der Waals surface area contributed by atoms with E-state index < -0.39 is 0 Å². The minimum atomic E-state index is 0.169. The highest BCUT2D eigenvalue weighted by Gasteiger charge is 2.07. The van der Waals surface area contributed by atoms with Crippen LogP contribution in [0.2, 0.25) is 0 Å². The number of ether oxygens (including phenoxy) is 2. The summed E-state index contributed by atoms with van der Waals surface area (Å²) in [6.45, 7) is 9.22. The molecular formula is C40H81O2. The van der Waals surface area contributed by atoms with Crippen LogP contribution < -0.4 is 0 Å². The monoisotopic (exact) mass is 594 g/mol. The van der Waals surface area contributed by atoms with Gasteiger partial charge in [-0.1, -0.05) is 213 Å². The molecular weight excluding hydrogens is 512 g/mol. The van der Waals surface area contributed by atoms with Crippen LogP contribution >= 0.6 is 0 Å². The van der Waals surface area contributed by atoms with Crippen LogP contribution in [0.15, 0.2) is 0 Å². The SMILES string of the molecule is C[CH][C@H](COCCCCCCCCCCCCCCCCCC)OCCCCCCCCCCCCCCCCCC. The third-order valence-corrected chi connectivity index (χ3v) is 9.13. The van der Waals surface area contributed by atoms with Gasteiger partial charge in [-0.15, -0.1) is 0 Å². The molecule has 0 saturated heterocycles. The molecule has 0 saturated carbocycles. The average Bonchev–Trinajstić information content (AvgIpc) is 3.00. The predicted molar refractivity (Wildman–Crippen MR) is 190 cm³/mol. The van der Waals surface area contributed by atoms with E-state index >= 15 is 0 Å². The minimum absolute atomic E-state index is 0.169. The quantitative estimate of drug-likeness (QED) is 0.0663. The highest BCUT2D eigenvalue weighted by atomic mass is 16.5. The van der Waals surface area contributed by atoms with E-state index in [9.17, 15) is 0 Å². The summed E-state index contributed by atoms with van der Waals surface area (Å²) in [6.07, 6.45) is 47.6. The lowest BCUT2D eigenvalue weighted by Gasteiger charge is -2.16. The lowest BCUT2D eigenvalue weighted by atomic mass is 10.0. The van der Waals surface area contributed by atoms with Gasteiger partial charge in [0.15, 0.2) is 0 Å². The maximum absolute atomic E-state index is 6.06. The van der Waals surface area contributed by atoms with E-state index in [1.54, 1.807) is 0 Å². The van der Waals surface area contributed by atoms with E-state index in [0.29, 0.717) is 0 Å². The van der Waals surface area contributed by atoms with E-state index in [2.05, 4.69) is 27.2 Å². The van der Waals surface area contributed by atoms with Crippen LogP contribution in [0.4, 0.5) is 0 Å². The van der Waals surface area contributed by atoms with Crippen molar-refractivity contribution in [1.29, 1.82) is 0 Å². The molecule has 0 fully saturated rings. The van der Waals surface area contributed by atoms with Gasteiger partial charge in [-0.05, 0) is 19.3 Å². The molecule has 0 rings (SSSR count). The second kappa shape index (κ2) is 38.9. The van der Waals surface area contributed by atoms with Gasteiger partial charge < -0.3 is 9.47 Å². The molecule has 0 aromatic rings. The zero-order valence-corrected chi connectivity index (χ0v) is 29.7. The second-order valence-corrected chi connectivity index (χ2v) is 13.4. The van der Waals surface area contributed by atoms with Gasteiger partial charge in [0.1, 0.15) is 0 Å². The molecule has 1 atom stereocenters. The van der Waals surface area contributed by atoms with Gasteiger partial charge in [0, 0.05) is 13.2 Å². The van der Waals surface area contributed by atoms with Crippen LogP contribution in [0, 0.1) is 6.42 Å². The van der Waals surface area contributed by atoms with Crippen molar-refractivity contribution >= 4 is 0 Å². The fraction of sp³-hybridized carbons (Fsp3) is 0.975. The van der Waals surface area contributed by atoms with Crippen LogP contribution in [0.3, 0.4) is 0 Å². The van der Waals surface area contributed by atoms with Gasteiger partial charge in [0.25, 0.3) is 0 Å². The summed E-state index contributed by atoms with van der Waals surface area (Å²) >= 11 is 0. The van der Waals surface area contributed by atoms with Gasteiger partial charge in [0.2, 0.25) is 0 Å². The third kappa shape index (κ3) is 36.1. The number of hydrogen-bond donors (Lipinski definition) is 0. The number of hydrogen-bond acceptors (Lipinski definition) is 2. The van der Waals surface area contributed by atoms with E-state index in [0.717, 1.165) is 19.8 Å². The topological polar surface area (TPSA) is 18.5 Å². The highest BCUT2D eigenvalue weighted by Crippen LogP contribution is 2.15. The molecule has 42 heavy (non-hydrogen) atoms. The first-order valence-corrected chi connectivity index (χ1v) is 19.8. The molecule has 0 aliphatic heterocycles. The van der Waals surface area contributed by atoms with Gasteiger partial charge in [0.05, 0.1) is 12.7 Å². The molecule has 0 unspecified atom stereocenters. The molecule has 0 aromatic carbocycles. The lowest BCUT2D eigenvalue weighted by molar-refractivity contribution is -0.00172. The van der Waals surface area contributed by atoms with Crippen molar-refractivity contribution in [2.45, 2.75) is 232 Å². The maximum atomic E-state index is 6.06. The average molecular weight is 594 g/mol. The molecule has 0 N–H and O–H groups in total. The van der Waals surface area contributed by atoms with Crippen molar-refractivity contribution in [1.82, 2.24) is 0 Å². The van der Waals surface area contributed by atoms with Crippen molar-refractivity contribution in [2.24, 2.45) is 0 Å². The maximum Gasteiger partial charge on any atom is 0.0837 e. The Morgan fingerprint density at radius 1 is 0.357 bits per heavy atom. The van der Waals surface area contributed by atoms with Crippen LogP contribution in [-0.2, 0) is 9.47 Å². The van der Waals surface area contributed by atoms with Crippen LogP contribution in [0.25, 0.3) is 0 Å². The molecule has 0 aliphatic rings. The Balaban J connectivity index is 3.24. The predicted octanol–water partition coefficient (Wildman–Crippen LogP) is 14.1. The van der Waals surface area contributed by atoms with E-state index in [-0.39, 0.29) is 6.10 Å². The first-order chi connectivity index (χ1) is 20.8. The Bertz CT molecular complexity index is 451. The fourth-order valence-corrected chi connectivity index (χ4v) is 6.08. The normalized spacial score (nSPS) is 12.4. The van der Waals surface area contributed by atoms with Crippen LogP contribution in [-0.4, -0.2) is 25.9 Å². The summed E-state index contributed by atoms with van der Waals surface area (Å²) in [5.41, 5.74) is 0. The molecule has 253 valence electrons. The fourth-order valence-electron chi connectivity index (χ4n) is 6.08. The Hall–Kier alpha value is -0.0800. The summed E-state index contributed by atoms with van der Waals surface area (Å²) in [4.78, 5) is 0. The summed E-state index contributed by atoms with van der Waals surface area (Å²) in [7, 11) is 0. The van der Waals surface area contributed by atoms with Crippen molar-refractivity contribution in [3.63, 3.8) is 0 Å². The van der Waals surface area contributed by atoms with E-state index in [4.69, 9.17) is 9.47 Å². The first kappa shape index (κ1) is 41.9. The van der Waals surface area contributed by atoms with Crippen molar-refractivity contribution < 1.29 is 9.47 Å². The van der Waals surface area contributed by atoms with Gasteiger partial charge in [-0.3, -0.25) is 0 Å². The largest absolute Gasteiger partial charge is 0.379 e. The molecule has 0 spiro atoms. The van der Waals surface area contributed by atoms with E-state index in [1.165, 1.54) is 205 Å². The Morgan fingerprint density at radius 3 is 0.905 bits per heavy atom. The molecule has 0 heterocycles. The van der Waals surface area contributed by atoms with Crippen LogP contribution in [0.1, 0.15) is 226 Å². The zero-order chi connectivity index (χ0) is 30.4. The van der Waals surface area contributed by atoms with Gasteiger partial charge in [-0.25, -0.2) is 0 Å². The second-order valence-electron chi connectivity index (χ2n) is 13.4. The molecule has 0 aliphatic carbocycles. The lowest BCUT2D eigenvalue weighted by Crippen LogP contribution is -2.20. The van der Waals surface area contributed by atoms with Crippen molar-refractivity contribution in [3.8, 4) is 0 Å². The van der Waals surface area contributed by atoms with Crippen molar-refractivity contribution in [3.05, 3.63) is 6.42 Å². The highest BCUT2D eigenvalue weighted by molar-refractivity contribution is 4.71. The van der Waals surface area contributed by atoms with E-state index in [1.807, 2.05) is 0 Å². The first-order valence-electron chi connectivity index (χ1n) is 19.8. The van der Waals surface area contributed by atoms with Gasteiger partial charge >= 0.3 is 0 Å². The van der Waals surface area contributed by atoms with Crippen molar-refractivity contribution in [2.75, 3.05) is 19.8 Å². The molecule has 0 bridgehead atoms. The third-order valence-electron chi connectivity index (χ3n) is 9.13. The zero-order valence-electron chi connectivity index (χ0n) is 29.7. The summed E-state index contributed by atoms with van der Waals surface area (Å²) in [6, 6.07) is 0. The van der Waals surface area contributed by atoms with Crippen LogP contribution in [0.5, 0.6) is 0 Å². The Morgan fingerprint density at radius 2 is 0.619 bits per heavy atom. The number of unbranched alkanes of at least 4 members (excludes halogenated alkanes) is 30. The molecule has 0 amide bonds. The molecule has 2 heteroatoms. The Kier molecular flexibility index (Phi) is 38.9. The molecule has 1 radical (unpaired) electrons. The molecule has 2 nitrogen and oxygen atoms in total. The summed E-state index contributed by atoms with van der Waals surface area (Å²) < 4.78 is 12.0. The number of rotatable bonds is 38. The summed E-state index contributed by atoms with van der Waals surface area (Å²) in [5.74, 6) is 0. The summed E-state index contributed by atoms with van der Waals surface area (Å²) in [5, 5.41) is 0. The molecule has 0 aromatic heterocycles. The van der Waals surface area contributed by atoms with Gasteiger partial charge in [-0.2, -0.15) is 0 Å². The minimum Gasteiger partial charge on any atom is -0.379 e.